The molecule has 0 radical (unpaired) electrons. The number of nitrogens with two attached hydrogens (primary N) is 1. The van der Waals surface area contributed by atoms with Crippen molar-refractivity contribution in [2.75, 3.05) is 6.54 Å². The minimum absolute atomic E-state index is 0.702. The normalized spacial score (nSPS) is 22.6. The van der Waals surface area contributed by atoms with Gasteiger partial charge >= 0.3 is 0 Å². The first-order chi connectivity index (χ1) is 7.27. The zero-order chi connectivity index (χ0) is 11.1. The van der Waals surface area contributed by atoms with Crippen molar-refractivity contribution in [2.45, 2.75) is 69.3 Å². The van der Waals surface area contributed by atoms with Crippen LogP contribution in [-0.2, 0) is 0 Å². The molecule has 1 nitrogen and oxygen atoms in total. The monoisotopic (exact) mass is 229 g/mol. The van der Waals surface area contributed by atoms with Gasteiger partial charge in [-0.15, -0.1) is 0 Å². The van der Waals surface area contributed by atoms with Crippen molar-refractivity contribution in [2.24, 2.45) is 11.7 Å². The zero-order valence-corrected chi connectivity index (χ0v) is 11.2. The standard InChI is InChI=1S/C13H27NS/c1-3-7-11(2)13(10-14)15-12-8-5-4-6-9-12/h11-13H,3-10,14H2,1-2H3. The molecule has 0 aromatic heterocycles. The second-order valence-electron chi connectivity index (χ2n) is 4.94. The molecule has 1 aliphatic carbocycles. The maximum atomic E-state index is 5.90. The van der Waals surface area contributed by atoms with E-state index < -0.39 is 0 Å². The maximum Gasteiger partial charge on any atom is 0.0198 e. The van der Waals surface area contributed by atoms with Crippen LogP contribution in [0.2, 0.25) is 0 Å². The lowest BCUT2D eigenvalue weighted by Crippen LogP contribution is -2.27. The summed E-state index contributed by atoms with van der Waals surface area (Å²) in [5, 5.41) is 1.61. The highest BCUT2D eigenvalue weighted by Gasteiger charge is 2.22. The molecule has 1 saturated carbocycles. The topological polar surface area (TPSA) is 26.0 Å². The van der Waals surface area contributed by atoms with Crippen molar-refractivity contribution in [1.82, 2.24) is 0 Å². The molecule has 0 amide bonds. The lowest BCUT2D eigenvalue weighted by molar-refractivity contribution is 0.489. The molecule has 2 N–H and O–H groups in total. The lowest BCUT2D eigenvalue weighted by Gasteiger charge is -2.29. The molecular weight excluding hydrogens is 202 g/mol. The van der Waals surface area contributed by atoms with E-state index in [1.165, 1.54) is 44.9 Å². The summed E-state index contributed by atoms with van der Waals surface area (Å²) in [5.74, 6) is 0.798. The molecule has 0 aliphatic heterocycles. The highest BCUT2D eigenvalue weighted by molar-refractivity contribution is 8.00. The fraction of sp³-hybridized carbons (Fsp3) is 1.00. The van der Waals surface area contributed by atoms with Gasteiger partial charge in [0.25, 0.3) is 0 Å². The number of rotatable bonds is 6. The summed E-state index contributed by atoms with van der Waals surface area (Å²) < 4.78 is 0. The molecular formula is C13H27NS. The predicted octanol–water partition coefficient (Wildman–Crippen LogP) is 3.82. The van der Waals surface area contributed by atoms with Crippen molar-refractivity contribution in [3.8, 4) is 0 Å². The van der Waals surface area contributed by atoms with Crippen LogP contribution in [0.15, 0.2) is 0 Å². The Hall–Kier alpha value is 0.310. The molecule has 0 heterocycles. The number of hydrogen-bond acceptors (Lipinski definition) is 2. The van der Waals surface area contributed by atoms with Gasteiger partial charge < -0.3 is 5.73 Å². The van der Waals surface area contributed by atoms with Crippen LogP contribution in [0.5, 0.6) is 0 Å². The molecule has 15 heavy (non-hydrogen) atoms. The van der Waals surface area contributed by atoms with Gasteiger partial charge in [0.05, 0.1) is 0 Å². The number of hydrogen-bond donors (Lipinski definition) is 1. The second kappa shape index (κ2) is 7.56. The van der Waals surface area contributed by atoms with Gasteiger partial charge in [-0.05, 0) is 25.2 Å². The first-order valence-electron chi connectivity index (χ1n) is 6.63. The van der Waals surface area contributed by atoms with E-state index in [0.717, 1.165) is 17.7 Å². The molecule has 0 saturated heterocycles. The molecule has 2 heteroatoms. The molecule has 1 rings (SSSR count). The van der Waals surface area contributed by atoms with Gasteiger partial charge in [0.2, 0.25) is 0 Å². The van der Waals surface area contributed by atoms with Gasteiger partial charge in [-0.25, -0.2) is 0 Å². The first kappa shape index (κ1) is 13.4. The van der Waals surface area contributed by atoms with Crippen molar-refractivity contribution < 1.29 is 0 Å². The van der Waals surface area contributed by atoms with Gasteiger partial charge in [-0.1, -0.05) is 39.5 Å². The van der Waals surface area contributed by atoms with E-state index in [4.69, 9.17) is 5.73 Å². The van der Waals surface area contributed by atoms with E-state index in [1.54, 1.807) is 0 Å². The minimum Gasteiger partial charge on any atom is -0.329 e. The van der Waals surface area contributed by atoms with Gasteiger partial charge in [0.1, 0.15) is 0 Å². The summed E-state index contributed by atoms with van der Waals surface area (Å²) in [5.41, 5.74) is 5.90. The first-order valence-corrected chi connectivity index (χ1v) is 7.57. The molecule has 0 aromatic rings. The Kier molecular flexibility index (Phi) is 6.74. The summed E-state index contributed by atoms with van der Waals surface area (Å²) >= 11 is 2.19. The fourth-order valence-electron chi connectivity index (χ4n) is 2.51. The largest absolute Gasteiger partial charge is 0.329 e. The van der Waals surface area contributed by atoms with Crippen molar-refractivity contribution in [3.05, 3.63) is 0 Å². The zero-order valence-electron chi connectivity index (χ0n) is 10.4. The van der Waals surface area contributed by atoms with Crippen molar-refractivity contribution in [3.63, 3.8) is 0 Å². The SMILES string of the molecule is CCCC(C)C(CN)SC1CCCCC1. The Bertz CT molecular complexity index is 155. The summed E-state index contributed by atoms with van der Waals surface area (Å²) in [6.07, 6.45) is 9.83. The van der Waals surface area contributed by atoms with Gasteiger partial charge in [-0.2, -0.15) is 11.8 Å². The van der Waals surface area contributed by atoms with Crippen LogP contribution in [-0.4, -0.2) is 17.0 Å². The third-order valence-corrected chi connectivity index (χ3v) is 5.39. The van der Waals surface area contributed by atoms with Crippen LogP contribution in [0.25, 0.3) is 0 Å². The van der Waals surface area contributed by atoms with Crippen LogP contribution < -0.4 is 5.73 Å². The van der Waals surface area contributed by atoms with Gasteiger partial charge in [-0.3, -0.25) is 0 Å². The minimum atomic E-state index is 0.702. The molecule has 2 unspecified atom stereocenters. The molecule has 1 aliphatic rings. The Labute approximate surface area is 99.6 Å². The van der Waals surface area contributed by atoms with E-state index in [-0.39, 0.29) is 0 Å². The fourth-order valence-corrected chi connectivity index (χ4v) is 4.13. The predicted molar refractivity (Wildman–Crippen MR) is 71.4 cm³/mol. The smallest absolute Gasteiger partial charge is 0.0198 e. The third kappa shape index (κ3) is 4.78. The van der Waals surface area contributed by atoms with E-state index in [9.17, 15) is 0 Å². The summed E-state index contributed by atoms with van der Waals surface area (Å²) in [6.45, 7) is 5.51. The highest BCUT2D eigenvalue weighted by atomic mass is 32.2. The van der Waals surface area contributed by atoms with Gasteiger partial charge in [0.15, 0.2) is 0 Å². The maximum absolute atomic E-state index is 5.90. The second-order valence-corrected chi connectivity index (χ2v) is 6.48. The summed E-state index contributed by atoms with van der Waals surface area (Å²) in [6, 6.07) is 0. The molecule has 90 valence electrons. The Morgan fingerprint density at radius 3 is 2.47 bits per heavy atom. The van der Waals surface area contributed by atoms with Crippen LogP contribution >= 0.6 is 11.8 Å². The van der Waals surface area contributed by atoms with E-state index in [2.05, 4.69) is 25.6 Å². The summed E-state index contributed by atoms with van der Waals surface area (Å²) in [4.78, 5) is 0. The molecule has 1 fully saturated rings. The molecule has 2 atom stereocenters. The Morgan fingerprint density at radius 2 is 1.93 bits per heavy atom. The van der Waals surface area contributed by atoms with E-state index in [0.29, 0.717) is 5.25 Å². The molecule has 0 bridgehead atoms. The quantitative estimate of drug-likeness (QED) is 0.749. The average molecular weight is 229 g/mol. The van der Waals surface area contributed by atoms with E-state index in [1.807, 2.05) is 0 Å². The molecule has 0 aromatic carbocycles. The lowest BCUT2D eigenvalue weighted by atomic mass is 10.0. The van der Waals surface area contributed by atoms with Crippen LogP contribution in [0.4, 0.5) is 0 Å². The van der Waals surface area contributed by atoms with E-state index >= 15 is 0 Å². The Morgan fingerprint density at radius 1 is 1.27 bits per heavy atom. The Balaban J connectivity index is 2.30. The summed E-state index contributed by atoms with van der Waals surface area (Å²) in [7, 11) is 0. The van der Waals surface area contributed by atoms with Crippen LogP contribution in [0.1, 0.15) is 58.8 Å². The van der Waals surface area contributed by atoms with Crippen LogP contribution in [0.3, 0.4) is 0 Å². The van der Waals surface area contributed by atoms with Crippen LogP contribution in [0, 0.1) is 5.92 Å². The average Bonchev–Trinajstić information content (AvgIpc) is 2.27. The highest BCUT2D eigenvalue weighted by Crippen LogP contribution is 2.34. The van der Waals surface area contributed by atoms with Gasteiger partial charge in [0, 0.05) is 17.0 Å². The van der Waals surface area contributed by atoms with Crippen molar-refractivity contribution in [1.29, 1.82) is 0 Å². The number of thioether (sulfide) groups is 1. The van der Waals surface area contributed by atoms with Crippen molar-refractivity contribution >= 4 is 11.8 Å². The third-order valence-electron chi connectivity index (χ3n) is 3.53. The molecule has 0 spiro atoms.